The van der Waals surface area contributed by atoms with Crippen LogP contribution < -0.4 is 10.6 Å². The van der Waals surface area contributed by atoms with E-state index in [1.165, 1.54) is 0 Å². The number of anilines is 2. The van der Waals surface area contributed by atoms with Crippen molar-refractivity contribution in [1.82, 2.24) is 9.78 Å². The standard InChI is InChI=1S/C20H19ClN4O/c1-13-11-15(13)18-12-19(25(24-18)14-7-3-2-4-8-14)23-20(26)22-17-10-6-5-9-16(17)21/h2-10,12-13,15H,11H2,1H3,(H2,22,23,26). The summed E-state index contributed by atoms with van der Waals surface area (Å²) >= 11 is 6.11. The van der Waals surface area contributed by atoms with E-state index in [2.05, 4.69) is 17.6 Å². The summed E-state index contributed by atoms with van der Waals surface area (Å²) in [6, 6.07) is 18.5. The number of aromatic nitrogens is 2. The number of rotatable bonds is 4. The van der Waals surface area contributed by atoms with E-state index in [1.54, 1.807) is 16.8 Å². The first kappa shape index (κ1) is 16.7. The maximum atomic E-state index is 12.5. The van der Waals surface area contributed by atoms with Crippen LogP contribution in [0.1, 0.15) is 25.0 Å². The third-order valence-electron chi connectivity index (χ3n) is 4.58. The molecule has 1 aromatic heterocycles. The molecule has 26 heavy (non-hydrogen) atoms. The van der Waals surface area contributed by atoms with Gasteiger partial charge < -0.3 is 5.32 Å². The van der Waals surface area contributed by atoms with Gasteiger partial charge in [0.05, 0.1) is 22.1 Å². The van der Waals surface area contributed by atoms with Gasteiger partial charge in [-0.25, -0.2) is 9.48 Å². The van der Waals surface area contributed by atoms with E-state index in [0.29, 0.717) is 28.4 Å². The minimum absolute atomic E-state index is 0.356. The highest BCUT2D eigenvalue weighted by atomic mass is 35.5. The molecule has 1 aliphatic rings. The summed E-state index contributed by atoms with van der Waals surface area (Å²) in [7, 11) is 0. The fourth-order valence-corrected chi connectivity index (χ4v) is 3.19. The van der Waals surface area contributed by atoms with Crippen LogP contribution in [0.5, 0.6) is 0 Å². The Balaban J connectivity index is 1.59. The van der Waals surface area contributed by atoms with Crippen LogP contribution in [-0.4, -0.2) is 15.8 Å². The number of carbonyl (C=O) groups excluding carboxylic acids is 1. The van der Waals surface area contributed by atoms with Gasteiger partial charge in [-0.1, -0.05) is 48.9 Å². The van der Waals surface area contributed by atoms with Crippen molar-refractivity contribution in [3.05, 3.63) is 71.4 Å². The summed E-state index contributed by atoms with van der Waals surface area (Å²) in [5, 5.41) is 10.9. The highest BCUT2D eigenvalue weighted by molar-refractivity contribution is 6.33. The smallest absolute Gasteiger partial charge is 0.306 e. The van der Waals surface area contributed by atoms with E-state index in [0.717, 1.165) is 17.8 Å². The van der Waals surface area contributed by atoms with E-state index >= 15 is 0 Å². The first-order valence-corrected chi connectivity index (χ1v) is 8.97. The van der Waals surface area contributed by atoms with Crippen LogP contribution in [0.15, 0.2) is 60.7 Å². The number of hydrogen-bond acceptors (Lipinski definition) is 2. The largest absolute Gasteiger partial charge is 0.324 e. The Morgan fingerprint density at radius 3 is 2.50 bits per heavy atom. The van der Waals surface area contributed by atoms with Crippen LogP contribution in [0.2, 0.25) is 5.02 Å². The number of hydrogen-bond donors (Lipinski definition) is 2. The van der Waals surface area contributed by atoms with Crippen molar-refractivity contribution in [2.45, 2.75) is 19.3 Å². The van der Waals surface area contributed by atoms with E-state index in [9.17, 15) is 4.79 Å². The van der Waals surface area contributed by atoms with Gasteiger partial charge in [-0.05, 0) is 36.6 Å². The molecule has 1 saturated carbocycles. The molecular weight excluding hydrogens is 348 g/mol. The summed E-state index contributed by atoms with van der Waals surface area (Å²) in [4.78, 5) is 12.5. The lowest BCUT2D eigenvalue weighted by atomic mass is 10.2. The number of para-hydroxylation sites is 2. The minimum Gasteiger partial charge on any atom is -0.306 e. The highest BCUT2D eigenvalue weighted by Gasteiger charge is 2.36. The monoisotopic (exact) mass is 366 g/mol. The molecule has 0 aliphatic heterocycles. The molecule has 5 nitrogen and oxygen atoms in total. The number of urea groups is 1. The summed E-state index contributed by atoms with van der Waals surface area (Å²) in [5.41, 5.74) is 2.47. The second kappa shape index (κ2) is 6.84. The number of nitrogens with one attached hydrogen (secondary N) is 2. The lowest BCUT2D eigenvalue weighted by Gasteiger charge is -2.10. The van der Waals surface area contributed by atoms with Gasteiger partial charge in [-0.2, -0.15) is 5.10 Å². The second-order valence-corrected chi connectivity index (χ2v) is 6.99. The van der Waals surface area contributed by atoms with Crippen molar-refractivity contribution < 1.29 is 4.79 Å². The molecule has 1 aliphatic carbocycles. The Kier molecular flexibility index (Phi) is 4.39. The summed E-state index contributed by atoms with van der Waals surface area (Å²) in [5.74, 6) is 1.74. The maximum Gasteiger partial charge on any atom is 0.324 e. The van der Waals surface area contributed by atoms with Crippen molar-refractivity contribution in [3.63, 3.8) is 0 Å². The van der Waals surface area contributed by atoms with Crippen LogP contribution in [0.4, 0.5) is 16.3 Å². The molecule has 3 aromatic rings. The lowest BCUT2D eigenvalue weighted by Crippen LogP contribution is -2.21. The van der Waals surface area contributed by atoms with Crippen LogP contribution in [0.25, 0.3) is 5.69 Å². The van der Waals surface area contributed by atoms with Crippen molar-refractivity contribution in [2.24, 2.45) is 5.92 Å². The van der Waals surface area contributed by atoms with Gasteiger partial charge in [-0.3, -0.25) is 5.32 Å². The van der Waals surface area contributed by atoms with Gasteiger partial charge >= 0.3 is 6.03 Å². The molecule has 132 valence electrons. The van der Waals surface area contributed by atoms with Crippen LogP contribution in [0, 0.1) is 5.92 Å². The van der Waals surface area contributed by atoms with Crippen LogP contribution >= 0.6 is 11.6 Å². The molecule has 2 atom stereocenters. The summed E-state index contributed by atoms with van der Waals surface area (Å²) in [6.07, 6.45) is 1.14. The molecule has 6 heteroatoms. The molecule has 0 spiro atoms. The predicted octanol–water partition coefficient (Wildman–Crippen LogP) is 5.29. The normalized spacial score (nSPS) is 18.4. The summed E-state index contributed by atoms with van der Waals surface area (Å²) in [6.45, 7) is 2.21. The third-order valence-corrected chi connectivity index (χ3v) is 4.91. The van der Waals surface area contributed by atoms with Gasteiger partial charge in [0.15, 0.2) is 0 Å². The third kappa shape index (κ3) is 3.44. The first-order chi connectivity index (χ1) is 12.6. The molecular formula is C20H19ClN4O. The average molecular weight is 367 g/mol. The zero-order valence-electron chi connectivity index (χ0n) is 14.3. The number of nitrogens with zero attached hydrogens (tertiary/aromatic N) is 2. The maximum absolute atomic E-state index is 12.5. The SMILES string of the molecule is CC1CC1c1cc(NC(=O)Nc2ccccc2Cl)n(-c2ccccc2)n1. The van der Waals surface area contributed by atoms with E-state index < -0.39 is 0 Å². The van der Waals surface area contributed by atoms with Crippen LogP contribution in [-0.2, 0) is 0 Å². The molecule has 4 rings (SSSR count). The predicted molar refractivity (Wildman–Crippen MR) is 104 cm³/mol. The molecule has 2 aromatic carbocycles. The Bertz CT molecular complexity index is 938. The molecule has 0 bridgehead atoms. The second-order valence-electron chi connectivity index (χ2n) is 6.58. The number of benzene rings is 2. The van der Waals surface area contributed by atoms with Gasteiger partial charge in [0.2, 0.25) is 0 Å². The molecule has 1 fully saturated rings. The zero-order chi connectivity index (χ0) is 18.1. The Hall–Kier alpha value is -2.79. The molecule has 1 heterocycles. The van der Waals surface area contributed by atoms with E-state index in [4.69, 9.17) is 16.7 Å². The van der Waals surface area contributed by atoms with Gasteiger partial charge in [0.25, 0.3) is 0 Å². The van der Waals surface area contributed by atoms with Crippen LogP contribution in [0.3, 0.4) is 0 Å². The van der Waals surface area contributed by atoms with Crippen molar-refractivity contribution in [2.75, 3.05) is 10.6 Å². The van der Waals surface area contributed by atoms with Crippen molar-refractivity contribution in [1.29, 1.82) is 0 Å². The topological polar surface area (TPSA) is 59.0 Å². The molecule has 2 N–H and O–H groups in total. The fourth-order valence-electron chi connectivity index (χ4n) is 3.00. The van der Waals surface area contributed by atoms with E-state index in [1.807, 2.05) is 48.5 Å². The quantitative estimate of drug-likeness (QED) is 0.658. The summed E-state index contributed by atoms with van der Waals surface area (Å²) < 4.78 is 1.77. The lowest BCUT2D eigenvalue weighted by molar-refractivity contribution is 0.262. The average Bonchev–Trinajstić information content (AvgIpc) is 3.23. The molecule has 2 unspecified atom stereocenters. The highest BCUT2D eigenvalue weighted by Crippen LogP contribution is 2.47. The Labute approximate surface area is 157 Å². The molecule has 0 radical (unpaired) electrons. The number of halogens is 1. The first-order valence-electron chi connectivity index (χ1n) is 8.60. The minimum atomic E-state index is -0.356. The fraction of sp³-hybridized carbons (Fsp3) is 0.200. The molecule has 0 saturated heterocycles. The van der Waals surface area contributed by atoms with Gasteiger partial charge in [0.1, 0.15) is 5.82 Å². The Morgan fingerprint density at radius 2 is 1.81 bits per heavy atom. The zero-order valence-corrected chi connectivity index (χ0v) is 15.1. The van der Waals surface area contributed by atoms with Gasteiger partial charge in [0, 0.05) is 12.0 Å². The number of carbonyl (C=O) groups is 1. The molecule has 2 amide bonds. The van der Waals surface area contributed by atoms with Crippen molar-refractivity contribution >= 4 is 29.1 Å². The Morgan fingerprint density at radius 1 is 1.12 bits per heavy atom. The van der Waals surface area contributed by atoms with Crippen molar-refractivity contribution in [3.8, 4) is 5.69 Å². The van der Waals surface area contributed by atoms with Gasteiger partial charge in [-0.15, -0.1) is 0 Å². The van der Waals surface area contributed by atoms with E-state index in [-0.39, 0.29) is 6.03 Å². The number of amides is 2.